The number of benzene rings is 1. The quantitative estimate of drug-likeness (QED) is 0.617. The van der Waals surface area contributed by atoms with Crippen molar-refractivity contribution < 1.29 is 17.6 Å². The first-order valence-corrected chi connectivity index (χ1v) is 9.16. The molecule has 1 aromatic carbocycles. The number of fused-ring (bicyclic) bond motifs is 3. The van der Waals surface area contributed by atoms with E-state index >= 15 is 0 Å². The minimum absolute atomic E-state index is 0.0174. The molecule has 3 atom stereocenters. The Morgan fingerprint density at radius 1 is 1.24 bits per heavy atom. The van der Waals surface area contributed by atoms with E-state index in [4.69, 9.17) is 0 Å². The molecule has 0 radical (unpaired) electrons. The molecule has 134 valence electrons. The van der Waals surface area contributed by atoms with Crippen LogP contribution >= 0.6 is 11.9 Å². The van der Waals surface area contributed by atoms with E-state index in [1.807, 2.05) is 0 Å². The minimum Gasteiger partial charge on any atom is -0.355 e. The molecule has 1 aliphatic carbocycles. The van der Waals surface area contributed by atoms with Crippen LogP contribution in [0.1, 0.15) is 19.3 Å². The fourth-order valence-corrected chi connectivity index (χ4v) is 4.75. The van der Waals surface area contributed by atoms with Crippen molar-refractivity contribution >= 4 is 29.2 Å². The lowest BCUT2D eigenvalue weighted by Crippen LogP contribution is -2.75. The molecule has 0 aromatic heterocycles. The van der Waals surface area contributed by atoms with E-state index < -0.39 is 24.1 Å². The number of nitrogens with one attached hydrogen (secondary N) is 2. The zero-order valence-corrected chi connectivity index (χ0v) is 13.9. The summed E-state index contributed by atoms with van der Waals surface area (Å²) in [6, 6.07) is 0.253. The second-order valence-electron chi connectivity index (χ2n) is 7.09. The van der Waals surface area contributed by atoms with Crippen LogP contribution in [0.4, 0.5) is 28.9 Å². The molecule has 5 aliphatic rings. The van der Waals surface area contributed by atoms with Crippen molar-refractivity contribution in [3.63, 3.8) is 0 Å². The number of hydrogen-bond donors (Lipinski definition) is 2. The number of piperidine rings is 1. The molecule has 0 unspecified atom stereocenters. The molecule has 2 bridgehead atoms. The molecule has 1 aromatic rings. The van der Waals surface area contributed by atoms with Gasteiger partial charge in [-0.25, -0.2) is 9.38 Å². The molecule has 1 saturated carbocycles. The van der Waals surface area contributed by atoms with Gasteiger partial charge in [0.2, 0.25) is 0 Å². The van der Waals surface area contributed by atoms with Crippen molar-refractivity contribution in [3.05, 3.63) is 17.9 Å². The molecule has 3 saturated heterocycles. The lowest BCUT2D eigenvalue weighted by molar-refractivity contribution is -0.168. The van der Waals surface area contributed by atoms with Gasteiger partial charge in [-0.2, -0.15) is 13.2 Å². The van der Waals surface area contributed by atoms with Gasteiger partial charge in [0.15, 0.2) is 0 Å². The Balaban J connectivity index is 1.61. The Bertz CT molecular complexity index is 755. The van der Waals surface area contributed by atoms with E-state index in [1.165, 1.54) is 29.0 Å². The van der Waals surface area contributed by atoms with Gasteiger partial charge in [-0.15, -0.1) is 0 Å². The highest BCUT2D eigenvalue weighted by molar-refractivity contribution is 7.98. The monoisotopic (exact) mass is 372 g/mol. The average molecular weight is 372 g/mol. The molecular weight excluding hydrogens is 356 g/mol. The smallest absolute Gasteiger partial charge is 0.355 e. The number of aliphatic imine (C=N–C) groups is 1. The lowest BCUT2D eigenvalue weighted by atomic mass is 9.83. The molecule has 4 nitrogen and oxygen atoms in total. The summed E-state index contributed by atoms with van der Waals surface area (Å²) in [6.07, 6.45) is -1.82. The standard InChI is InChI=1S/C16H16F4N4S/c17-8-3-11(13-12(4-8)25-23-15(22-13)7-1-2-7)24-6-9-5-10(21-9)14(24)16(18,19)20/h3-4,7,9-10,14,21H,1-2,5-6H2,(H,22,23)/t9-,10+,14+/m1/s1. The third-order valence-electron chi connectivity index (χ3n) is 5.25. The Labute approximate surface area is 146 Å². The molecule has 4 fully saturated rings. The molecule has 9 heteroatoms. The van der Waals surface area contributed by atoms with E-state index in [1.54, 1.807) is 0 Å². The maximum atomic E-state index is 14.1. The van der Waals surface area contributed by atoms with Gasteiger partial charge < -0.3 is 14.9 Å². The molecule has 2 N–H and O–H groups in total. The largest absolute Gasteiger partial charge is 0.410 e. The number of alkyl halides is 3. The maximum Gasteiger partial charge on any atom is 0.410 e. The molecule has 4 aliphatic heterocycles. The summed E-state index contributed by atoms with van der Waals surface area (Å²) in [5.74, 6) is 0.587. The Hall–Kier alpha value is -1.48. The zero-order valence-electron chi connectivity index (χ0n) is 13.1. The van der Waals surface area contributed by atoms with Crippen LogP contribution < -0.4 is 14.9 Å². The van der Waals surface area contributed by atoms with Crippen LogP contribution in [0.25, 0.3) is 0 Å². The average Bonchev–Trinajstić information content (AvgIpc) is 3.36. The minimum atomic E-state index is -4.38. The molecule has 0 spiro atoms. The number of piperazine rings is 1. The third-order valence-corrected chi connectivity index (χ3v) is 6.09. The zero-order chi connectivity index (χ0) is 17.3. The van der Waals surface area contributed by atoms with E-state index in [0.29, 0.717) is 22.9 Å². The number of anilines is 1. The van der Waals surface area contributed by atoms with Crippen LogP contribution in [-0.2, 0) is 0 Å². The second-order valence-corrected chi connectivity index (χ2v) is 7.94. The SMILES string of the molecule is Fc1cc2c(c(N3C[C@H]4C[C@H](N4)[C@H]3C(F)(F)F)c1)N=C(C1CC1)NS2. The summed E-state index contributed by atoms with van der Waals surface area (Å²) in [7, 11) is 0. The highest BCUT2D eigenvalue weighted by Crippen LogP contribution is 2.47. The molecule has 6 rings (SSSR count). The van der Waals surface area contributed by atoms with Crippen LogP contribution in [0.5, 0.6) is 0 Å². The summed E-state index contributed by atoms with van der Waals surface area (Å²) in [6.45, 7) is 0.211. The lowest BCUT2D eigenvalue weighted by Gasteiger charge is -2.55. The highest BCUT2D eigenvalue weighted by Gasteiger charge is 2.57. The van der Waals surface area contributed by atoms with Crippen LogP contribution in [0.2, 0.25) is 0 Å². The molecule has 0 amide bonds. The van der Waals surface area contributed by atoms with Crippen molar-refractivity contribution in [3.8, 4) is 0 Å². The van der Waals surface area contributed by atoms with Crippen molar-refractivity contribution in [1.82, 2.24) is 10.0 Å². The van der Waals surface area contributed by atoms with Crippen molar-refractivity contribution in [2.45, 2.75) is 48.5 Å². The Morgan fingerprint density at radius 3 is 2.68 bits per heavy atom. The van der Waals surface area contributed by atoms with Gasteiger partial charge in [0.05, 0.1) is 10.6 Å². The maximum absolute atomic E-state index is 14.1. The van der Waals surface area contributed by atoms with Crippen molar-refractivity contribution in [2.75, 3.05) is 11.4 Å². The topological polar surface area (TPSA) is 39.7 Å². The first-order chi connectivity index (χ1) is 11.9. The third kappa shape index (κ3) is 2.59. The summed E-state index contributed by atoms with van der Waals surface area (Å²) < 4.78 is 58.2. The van der Waals surface area contributed by atoms with E-state index in [0.717, 1.165) is 18.7 Å². The fraction of sp³-hybridized carbons (Fsp3) is 0.562. The van der Waals surface area contributed by atoms with E-state index in [2.05, 4.69) is 15.0 Å². The van der Waals surface area contributed by atoms with Crippen LogP contribution in [0.15, 0.2) is 22.0 Å². The Morgan fingerprint density at radius 2 is 2.00 bits per heavy atom. The predicted octanol–water partition coefficient (Wildman–Crippen LogP) is 3.36. The fourth-order valence-electron chi connectivity index (χ4n) is 3.90. The molecule has 4 heterocycles. The number of hydrogen-bond acceptors (Lipinski definition) is 5. The number of halogens is 4. The highest BCUT2D eigenvalue weighted by atomic mass is 32.2. The normalized spacial score (nSPS) is 31.0. The van der Waals surface area contributed by atoms with E-state index in [-0.39, 0.29) is 18.3 Å². The van der Waals surface area contributed by atoms with Crippen LogP contribution in [0, 0.1) is 11.7 Å². The summed E-state index contributed by atoms with van der Waals surface area (Å²) >= 11 is 1.23. The van der Waals surface area contributed by atoms with Gasteiger partial charge in [0, 0.05) is 24.5 Å². The summed E-state index contributed by atoms with van der Waals surface area (Å²) in [4.78, 5) is 6.41. The second kappa shape index (κ2) is 5.26. The van der Waals surface area contributed by atoms with Crippen LogP contribution in [-0.4, -0.2) is 36.7 Å². The van der Waals surface area contributed by atoms with E-state index in [9.17, 15) is 17.6 Å². The molecular formula is C16H16F4N4S. The van der Waals surface area contributed by atoms with Gasteiger partial charge in [-0.3, -0.25) is 0 Å². The Kier molecular flexibility index (Phi) is 3.31. The van der Waals surface area contributed by atoms with Crippen molar-refractivity contribution in [1.29, 1.82) is 0 Å². The van der Waals surface area contributed by atoms with Crippen LogP contribution in [0.3, 0.4) is 0 Å². The van der Waals surface area contributed by atoms with Gasteiger partial charge >= 0.3 is 6.18 Å². The summed E-state index contributed by atoms with van der Waals surface area (Å²) in [5, 5.41) is 2.96. The first kappa shape index (κ1) is 15.7. The predicted molar refractivity (Wildman–Crippen MR) is 87.7 cm³/mol. The van der Waals surface area contributed by atoms with Gasteiger partial charge in [-0.1, -0.05) is 0 Å². The first-order valence-electron chi connectivity index (χ1n) is 8.34. The number of nitrogens with zero attached hydrogens (tertiary/aromatic N) is 2. The van der Waals surface area contributed by atoms with Gasteiger partial charge in [0.1, 0.15) is 23.4 Å². The van der Waals surface area contributed by atoms with Gasteiger partial charge in [-0.05, 0) is 43.3 Å². The number of amidine groups is 1. The van der Waals surface area contributed by atoms with Crippen molar-refractivity contribution in [2.24, 2.45) is 10.9 Å². The van der Waals surface area contributed by atoms with Gasteiger partial charge in [0.25, 0.3) is 0 Å². The molecule has 25 heavy (non-hydrogen) atoms. The number of rotatable bonds is 2. The summed E-state index contributed by atoms with van der Waals surface area (Å²) in [5.41, 5.74) is 0.711.